The van der Waals surface area contributed by atoms with Crippen molar-refractivity contribution in [2.75, 3.05) is 5.73 Å². The van der Waals surface area contributed by atoms with Crippen LogP contribution in [0.3, 0.4) is 0 Å². The third-order valence-electron chi connectivity index (χ3n) is 3.94. The van der Waals surface area contributed by atoms with E-state index in [0.717, 1.165) is 25.7 Å². The summed E-state index contributed by atoms with van der Waals surface area (Å²) in [4.78, 5) is 3.92. The lowest BCUT2D eigenvalue weighted by molar-refractivity contribution is 0.188. The van der Waals surface area contributed by atoms with Crippen molar-refractivity contribution in [3.63, 3.8) is 0 Å². The zero-order valence-electron chi connectivity index (χ0n) is 11.7. The molecular weight excluding hydrogens is 342 g/mol. The second-order valence-corrected chi connectivity index (χ2v) is 8.54. The average Bonchev–Trinajstić information content (AvgIpc) is 2.34. The summed E-state index contributed by atoms with van der Waals surface area (Å²) < 4.78 is 28.4. The van der Waals surface area contributed by atoms with Crippen LogP contribution >= 0.6 is 15.9 Å². The topological polar surface area (TPSA) is 85.1 Å². The number of anilines is 1. The molecule has 2 rings (SSSR count). The van der Waals surface area contributed by atoms with E-state index >= 15 is 0 Å². The molecule has 1 unspecified atom stereocenters. The number of nitrogen functional groups attached to an aromatic ring is 1. The summed E-state index contributed by atoms with van der Waals surface area (Å²) in [5, 5.41) is 0. The number of rotatable bonds is 3. The first-order valence-corrected chi connectivity index (χ1v) is 8.93. The summed E-state index contributed by atoms with van der Waals surface area (Å²) in [7, 11) is -3.65. The highest BCUT2D eigenvalue weighted by Crippen LogP contribution is 2.36. The summed E-state index contributed by atoms with van der Waals surface area (Å²) in [6, 6.07) is 1.42. The van der Waals surface area contributed by atoms with Crippen LogP contribution in [-0.4, -0.2) is 19.4 Å². The molecular formula is C13H20BrN3O2S. The molecule has 7 heteroatoms. The van der Waals surface area contributed by atoms with Crippen LogP contribution in [0.1, 0.15) is 39.5 Å². The number of nitrogens with zero attached hydrogens (tertiary/aromatic N) is 1. The molecule has 0 bridgehead atoms. The smallest absolute Gasteiger partial charge is 0.244 e. The van der Waals surface area contributed by atoms with Gasteiger partial charge in [-0.15, -0.1) is 0 Å². The van der Waals surface area contributed by atoms with Crippen LogP contribution in [0.15, 0.2) is 21.6 Å². The quantitative estimate of drug-likeness (QED) is 0.866. The minimum Gasteiger partial charge on any atom is -0.383 e. The normalized spacial score (nSPS) is 22.6. The van der Waals surface area contributed by atoms with Gasteiger partial charge in [-0.25, -0.2) is 18.1 Å². The van der Waals surface area contributed by atoms with Crippen molar-refractivity contribution in [2.45, 2.75) is 50.5 Å². The van der Waals surface area contributed by atoms with Crippen LogP contribution < -0.4 is 10.5 Å². The first-order chi connectivity index (χ1) is 9.22. The van der Waals surface area contributed by atoms with E-state index in [9.17, 15) is 8.42 Å². The number of hydrogen-bond donors (Lipinski definition) is 2. The van der Waals surface area contributed by atoms with Crippen LogP contribution in [0.2, 0.25) is 0 Å². The maximum Gasteiger partial charge on any atom is 0.244 e. The Kier molecular flexibility index (Phi) is 4.41. The van der Waals surface area contributed by atoms with Crippen LogP contribution in [0.4, 0.5) is 5.82 Å². The highest BCUT2D eigenvalue weighted by molar-refractivity contribution is 9.10. The maximum atomic E-state index is 12.5. The molecule has 0 amide bonds. The predicted molar refractivity (Wildman–Crippen MR) is 82.7 cm³/mol. The zero-order valence-corrected chi connectivity index (χ0v) is 14.1. The maximum absolute atomic E-state index is 12.5. The van der Waals surface area contributed by atoms with Gasteiger partial charge >= 0.3 is 0 Å². The highest BCUT2D eigenvalue weighted by atomic mass is 79.9. The molecule has 1 aliphatic rings. The molecule has 5 nitrogen and oxygen atoms in total. The molecule has 0 radical (unpaired) electrons. The molecule has 20 heavy (non-hydrogen) atoms. The third kappa shape index (κ3) is 3.32. The van der Waals surface area contributed by atoms with E-state index in [2.05, 4.69) is 39.5 Å². The zero-order chi connectivity index (χ0) is 15.0. The molecule has 1 aliphatic carbocycles. The SMILES string of the molecule is CC1(C)CCCCC1NS(=O)(=O)c1cc(Br)cnc1N. The van der Waals surface area contributed by atoms with Gasteiger partial charge < -0.3 is 5.73 Å². The van der Waals surface area contributed by atoms with E-state index in [1.807, 2.05) is 0 Å². The molecule has 1 aromatic rings. The Hall–Kier alpha value is -0.660. The predicted octanol–water partition coefficient (Wildman–Crippen LogP) is 2.67. The standard InChI is InChI=1S/C13H20BrN3O2S/c1-13(2)6-4-3-5-11(13)17-20(18,19)10-7-9(14)8-16-12(10)15/h7-8,11,17H,3-6H2,1-2H3,(H2,15,16). The Labute approximate surface area is 128 Å². The Morgan fingerprint density at radius 3 is 2.80 bits per heavy atom. The molecule has 1 heterocycles. The summed E-state index contributed by atoms with van der Waals surface area (Å²) in [6.07, 6.45) is 5.55. The van der Waals surface area contributed by atoms with Gasteiger partial charge in [0.2, 0.25) is 10.0 Å². The highest BCUT2D eigenvalue weighted by Gasteiger charge is 2.35. The minimum absolute atomic E-state index is 0.0225. The summed E-state index contributed by atoms with van der Waals surface area (Å²) in [5.74, 6) is 0.0225. The van der Waals surface area contributed by atoms with Crippen LogP contribution in [0.5, 0.6) is 0 Å². The number of nitrogens with two attached hydrogens (primary N) is 1. The van der Waals surface area contributed by atoms with Crippen LogP contribution in [-0.2, 0) is 10.0 Å². The first-order valence-electron chi connectivity index (χ1n) is 6.66. The number of nitrogens with one attached hydrogen (secondary N) is 1. The van der Waals surface area contributed by atoms with E-state index in [1.165, 1.54) is 12.3 Å². The van der Waals surface area contributed by atoms with Crippen molar-refractivity contribution >= 4 is 31.8 Å². The van der Waals surface area contributed by atoms with Gasteiger partial charge in [-0.05, 0) is 40.3 Å². The molecule has 3 N–H and O–H groups in total. The molecule has 112 valence electrons. The van der Waals surface area contributed by atoms with Crippen molar-refractivity contribution < 1.29 is 8.42 Å². The Balaban J connectivity index is 2.29. The molecule has 0 spiro atoms. The third-order valence-corrected chi connectivity index (χ3v) is 5.88. The Morgan fingerprint density at radius 1 is 1.45 bits per heavy atom. The fourth-order valence-corrected chi connectivity index (χ4v) is 4.64. The van der Waals surface area contributed by atoms with E-state index in [1.54, 1.807) is 0 Å². The van der Waals surface area contributed by atoms with Crippen molar-refractivity contribution in [1.82, 2.24) is 9.71 Å². The summed E-state index contributed by atoms with van der Waals surface area (Å²) in [5.41, 5.74) is 5.66. The van der Waals surface area contributed by atoms with Crippen molar-refractivity contribution in [2.24, 2.45) is 5.41 Å². The fraction of sp³-hybridized carbons (Fsp3) is 0.615. The average molecular weight is 362 g/mol. The fourth-order valence-electron chi connectivity index (χ4n) is 2.61. The van der Waals surface area contributed by atoms with Gasteiger partial charge in [0, 0.05) is 16.7 Å². The van der Waals surface area contributed by atoms with Crippen molar-refractivity contribution in [3.8, 4) is 0 Å². The molecule has 0 aromatic carbocycles. The van der Waals surface area contributed by atoms with Gasteiger partial charge in [0.25, 0.3) is 0 Å². The minimum atomic E-state index is -3.65. The van der Waals surface area contributed by atoms with Gasteiger partial charge in [-0.1, -0.05) is 26.7 Å². The first kappa shape index (κ1) is 15.7. The largest absolute Gasteiger partial charge is 0.383 e. The van der Waals surface area contributed by atoms with Gasteiger partial charge in [0.15, 0.2) is 0 Å². The lowest BCUT2D eigenvalue weighted by Gasteiger charge is -2.38. The molecule has 1 aromatic heterocycles. The summed E-state index contributed by atoms with van der Waals surface area (Å²) >= 11 is 3.23. The summed E-state index contributed by atoms with van der Waals surface area (Å²) in [6.45, 7) is 4.20. The Bertz CT molecular complexity index is 602. The second kappa shape index (κ2) is 5.61. The van der Waals surface area contributed by atoms with Crippen molar-refractivity contribution in [3.05, 3.63) is 16.7 Å². The molecule has 0 aliphatic heterocycles. The van der Waals surface area contributed by atoms with Crippen LogP contribution in [0, 0.1) is 5.41 Å². The van der Waals surface area contributed by atoms with Gasteiger partial charge in [-0.2, -0.15) is 0 Å². The van der Waals surface area contributed by atoms with E-state index in [4.69, 9.17) is 5.73 Å². The van der Waals surface area contributed by atoms with Crippen molar-refractivity contribution in [1.29, 1.82) is 0 Å². The van der Waals surface area contributed by atoms with Gasteiger partial charge in [-0.3, -0.25) is 0 Å². The van der Waals surface area contributed by atoms with E-state index in [0.29, 0.717) is 4.47 Å². The molecule has 1 saturated carbocycles. The number of hydrogen-bond acceptors (Lipinski definition) is 4. The van der Waals surface area contributed by atoms with E-state index < -0.39 is 10.0 Å². The number of pyridine rings is 1. The molecule has 1 atom stereocenters. The van der Waals surface area contributed by atoms with Crippen LogP contribution in [0.25, 0.3) is 0 Å². The monoisotopic (exact) mass is 361 g/mol. The number of halogens is 1. The lowest BCUT2D eigenvalue weighted by Crippen LogP contribution is -2.46. The number of sulfonamides is 1. The molecule has 1 fully saturated rings. The van der Waals surface area contributed by atoms with Gasteiger partial charge in [0.1, 0.15) is 10.7 Å². The van der Waals surface area contributed by atoms with Gasteiger partial charge in [0.05, 0.1) is 0 Å². The Morgan fingerprint density at radius 2 is 2.15 bits per heavy atom. The molecule has 0 saturated heterocycles. The second-order valence-electron chi connectivity index (χ2n) is 5.95. The lowest BCUT2D eigenvalue weighted by atomic mass is 9.74. The van der Waals surface area contributed by atoms with E-state index in [-0.39, 0.29) is 22.2 Å². The number of aromatic nitrogens is 1.